The van der Waals surface area contributed by atoms with Crippen molar-refractivity contribution in [2.45, 2.75) is 64.1 Å². The molecule has 1 aliphatic heterocycles. The number of piperazine rings is 1. The van der Waals surface area contributed by atoms with E-state index in [1.165, 1.54) is 58.3 Å². The van der Waals surface area contributed by atoms with Gasteiger partial charge in [0, 0.05) is 44.3 Å². The summed E-state index contributed by atoms with van der Waals surface area (Å²) in [5, 5.41) is 3.79. The smallest absolute Gasteiger partial charge is 0.0193 e. The fraction of sp³-hybridized carbons (Fsp3) is 1.00. The Labute approximate surface area is 113 Å². The first-order chi connectivity index (χ1) is 8.66. The van der Waals surface area contributed by atoms with Gasteiger partial charge in [0.1, 0.15) is 0 Å². The van der Waals surface area contributed by atoms with Gasteiger partial charge in [-0.25, -0.2) is 0 Å². The Bertz CT molecular complexity index is 238. The molecule has 3 nitrogen and oxygen atoms in total. The second-order valence-corrected chi connectivity index (χ2v) is 6.42. The first-order valence-electron chi connectivity index (χ1n) is 7.84. The third-order valence-electron chi connectivity index (χ3n) is 4.92. The van der Waals surface area contributed by atoms with Crippen LogP contribution < -0.4 is 5.32 Å². The fourth-order valence-electron chi connectivity index (χ4n) is 3.25. The quantitative estimate of drug-likeness (QED) is 0.826. The van der Waals surface area contributed by atoms with E-state index in [1.807, 2.05) is 0 Å². The zero-order chi connectivity index (χ0) is 13.0. The predicted molar refractivity (Wildman–Crippen MR) is 78.0 cm³/mol. The average Bonchev–Trinajstić information content (AvgIpc) is 2.40. The Balaban J connectivity index is 1.69. The van der Waals surface area contributed by atoms with Crippen LogP contribution in [0, 0.1) is 0 Å². The summed E-state index contributed by atoms with van der Waals surface area (Å²) in [6.45, 7) is 9.57. The van der Waals surface area contributed by atoms with Crippen LogP contribution in [0.25, 0.3) is 0 Å². The molecule has 0 radical (unpaired) electrons. The van der Waals surface area contributed by atoms with Gasteiger partial charge in [-0.1, -0.05) is 19.3 Å². The zero-order valence-corrected chi connectivity index (χ0v) is 12.5. The summed E-state index contributed by atoms with van der Waals surface area (Å²) in [6.07, 6.45) is 7.09. The molecular weight excluding hydrogens is 222 g/mol. The van der Waals surface area contributed by atoms with Crippen molar-refractivity contribution in [1.82, 2.24) is 15.1 Å². The van der Waals surface area contributed by atoms with E-state index in [1.54, 1.807) is 0 Å². The first kappa shape index (κ1) is 14.3. The molecule has 3 heteroatoms. The highest BCUT2D eigenvalue weighted by Crippen LogP contribution is 2.17. The normalized spacial score (nSPS) is 30.5. The summed E-state index contributed by atoms with van der Waals surface area (Å²) >= 11 is 0. The third kappa shape index (κ3) is 3.94. The van der Waals surface area contributed by atoms with Crippen molar-refractivity contribution < 1.29 is 0 Å². The molecule has 2 rings (SSSR count). The van der Waals surface area contributed by atoms with Gasteiger partial charge < -0.3 is 10.2 Å². The van der Waals surface area contributed by atoms with Crippen LogP contribution in [0.5, 0.6) is 0 Å². The summed E-state index contributed by atoms with van der Waals surface area (Å²) in [4.78, 5) is 5.12. The van der Waals surface area contributed by atoms with Crippen LogP contribution in [0.15, 0.2) is 0 Å². The Morgan fingerprint density at radius 1 is 1.17 bits per heavy atom. The van der Waals surface area contributed by atoms with E-state index < -0.39 is 0 Å². The Morgan fingerprint density at radius 2 is 1.89 bits per heavy atom. The number of nitrogens with one attached hydrogen (secondary N) is 1. The van der Waals surface area contributed by atoms with E-state index in [0.29, 0.717) is 12.1 Å². The average molecular weight is 253 g/mol. The first-order valence-corrected chi connectivity index (χ1v) is 7.84. The second-order valence-electron chi connectivity index (χ2n) is 6.42. The molecule has 0 aromatic heterocycles. The van der Waals surface area contributed by atoms with Gasteiger partial charge in [0.2, 0.25) is 0 Å². The minimum atomic E-state index is 0.683. The summed E-state index contributed by atoms with van der Waals surface area (Å²) in [7, 11) is 2.24. The largest absolute Gasteiger partial charge is 0.312 e. The molecule has 1 heterocycles. The molecule has 0 amide bonds. The van der Waals surface area contributed by atoms with Crippen LogP contribution in [-0.4, -0.2) is 61.2 Å². The molecule has 2 fully saturated rings. The van der Waals surface area contributed by atoms with Gasteiger partial charge in [-0.2, -0.15) is 0 Å². The third-order valence-corrected chi connectivity index (χ3v) is 4.92. The van der Waals surface area contributed by atoms with E-state index in [0.717, 1.165) is 6.04 Å². The van der Waals surface area contributed by atoms with E-state index in [2.05, 4.69) is 36.0 Å². The standard InChI is InChI=1S/C15H31N3/c1-13(11-16-15-7-5-4-6-8-15)18-10-9-17(3)14(2)12-18/h13-16H,4-12H2,1-3H3. The highest BCUT2D eigenvalue weighted by atomic mass is 15.3. The van der Waals surface area contributed by atoms with Crippen LogP contribution in [0.4, 0.5) is 0 Å². The summed E-state index contributed by atoms with van der Waals surface area (Å²) in [5.41, 5.74) is 0. The van der Waals surface area contributed by atoms with Crippen LogP contribution >= 0.6 is 0 Å². The van der Waals surface area contributed by atoms with Crippen molar-refractivity contribution in [1.29, 1.82) is 0 Å². The number of hydrogen-bond acceptors (Lipinski definition) is 3. The molecule has 2 aliphatic rings. The van der Waals surface area contributed by atoms with Crippen LogP contribution in [0.2, 0.25) is 0 Å². The van der Waals surface area contributed by atoms with Gasteiger partial charge in [-0.15, -0.1) is 0 Å². The van der Waals surface area contributed by atoms with E-state index in [9.17, 15) is 0 Å². The fourth-order valence-corrected chi connectivity index (χ4v) is 3.25. The molecule has 2 unspecified atom stereocenters. The molecule has 0 aromatic rings. The summed E-state index contributed by atoms with van der Waals surface area (Å²) in [5.74, 6) is 0. The highest BCUT2D eigenvalue weighted by Gasteiger charge is 2.24. The molecule has 106 valence electrons. The topological polar surface area (TPSA) is 18.5 Å². The minimum absolute atomic E-state index is 0.683. The van der Waals surface area contributed by atoms with Crippen molar-refractivity contribution in [3.63, 3.8) is 0 Å². The molecule has 0 spiro atoms. The Hall–Kier alpha value is -0.120. The van der Waals surface area contributed by atoms with Crippen molar-refractivity contribution in [3.05, 3.63) is 0 Å². The highest BCUT2D eigenvalue weighted by molar-refractivity contribution is 4.82. The SMILES string of the molecule is CC1CN(C(C)CNC2CCCCC2)CCN1C. The maximum atomic E-state index is 3.79. The lowest BCUT2D eigenvalue weighted by Gasteiger charge is -2.41. The molecule has 18 heavy (non-hydrogen) atoms. The Kier molecular flexibility index (Phi) is 5.46. The molecule has 0 aromatic carbocycles. The molecule has 1 saturated heterocycles. The van der Waals surface area contributed by atoms with E-state index in [-0.39, 0.29) is 0 Å². The molecule has 0 bridgehead atoms. The minimum Gasteiger partial charge on any atom is -0.312 e. The number of hydrogen-bond donors (Lipinski definition) is 1. The predicted octanol–water partition coefficient (Wildman–Crippen LogP) is 1.93. The zero-order valence-electron chi connectivity index (χ0n) is 12.5. The molecular formula is C15H31N3. The molecule has 1 N–H and O–H groups in total. The molecule has 2 atom stereocenters. The number of likely N-dealkylation sites (N-methyl/N-ethyl adjacent to an activating group) is 1. The van der Waals surface area contributed by atoms with E-state index >= 15 is 0 Å². The van der Waals surface area contributed by atoms with Gasteiger partial charge in [-0.3, -0.25) is 4.90 Å². The number of nitrogens with zero attached hydrogens (tertiary/aromatic N) is 2. The van der Waals surface area contributed by atoms with Crippen LogP contribution in [0.1, 0.15) is 46.0 Å². The maximum absolute atomic E-state index is 3.79. The second kappa shape index (κ2) is 6.88. The lowest BCUT2D eigenvalue weighted by atomic mass is 9.95. The lowest BCUT2D eigenvalue weighted by Crippen LogP contribution is -2.55. The molecule has 1 saturated carbocycles. The van der Waals surface area contributed by atoms with Crippen LogP contribution in [-0.2, 0) is 0 Å². The van der Waals surface area contributed by atoms with Gasteiger partial charge in [0.25, 0.3) is 0 Å². The van der Waals surface area contributed by atoms with Gasteiger partial charge in [0.05, 0.1) is 0 Å². The van der Waals surface area contributed by atoms with Crippen molar-refractivity contribution >= 4 is 0 Å². The number of rotatable bonds is 4. The lowest BCUT2D eigenvalue weighted by molar-refractivity contribution is 0.0758. The summed E-state index contributed by atoms with van der Waals surface area (Å²) < 4.78 is 0. The van der Waals surface area contributed by atoms with Gasteiger partial charge >= 0.3 is 0 Å². The maximum Gasteiger partial charge on any atom is 0.0193 e. The van der Waals surface area contributed by atoms with E-state index in [4.69, 9.17) is 0 Å². The molecule has 1 aliphatic carbocycles. The van der Waals surface area contributed by atoms with Crippen molar-refractivity contribution in [2.24, 2.45) is 0 Å². The van der Waals surface area contributed by atoms with Gasteiger partial charge in [-0.05, 0) is 33.7 Å². The van der Waals surface area contributed by atoms with Crippen molar-refractivity contribution in [3.8, 4) is 0 Å². The van der Waals surface area contributed by atoms with Crippen LogP contribution in [0.3, 0.4) is 0 Å². The van der Waals surface area contributed by atoms with Gasteiger partial charge in [0.15, 0.2) is 0 Å². The monoisotopic (exact) mass is 253 g/mol. The Morgan fingerprint density at radius 3 is 2.56 bits per heavy atom. The summed E-state index contributed by atoms with van der Waals surface area (Å²) in [6, 6.07) is 2.19. The van der Waals surface area contributed by atoms with Crippen molar-refractivity contribution in [2.75, 3.05) is 33.2 Å².